The normalized spacial score (nSPS) is 16.8. The topological polar surface area (TPSA) is 91.8 Å². The second kappa shape index (κ2) is 6.92. The van der Waals surface area contributed by atoms with Crippen LogP contribution in [0.15, 0.2) is 48.5 Å². The summed E-state index contributed by atoms with van der Waals surface area (Å²) in [5.41, 5.74) is 2.64. The van der Waals surface area contributed by atoms with Gasteiger partial charge < -0.3 is 10.0 Å². The van der Waals surface area contributed by atoms with Gasteiger partial charge in [0.25, 0.3) is 5.91 Å². The van der Waals surface area contributed by atoms with Crippen LogP contribution in [0.2, 0.25) is 0 Å². The molecule has 0 bridgehead atoms. The van der Waals surface area contributed by atoms with Crippen LogP contribution in [0.3, 0.4) is 0 Å². The Hall–Kier alpha value is -2.67. The summed E-state index contributed by atoms with van der Waals surface area (Å²) in [5.74, 6) is -1.64. The molecule has 0 aromatic heterocycles. The maximum Gasteiger partial charge on any atom is 0.326 e. The quantitative estimate of drug-likeness (QED) is 0.884. The Morgan fingerprint density at radius 3 is 2.46 bits per heavy atom. The maximum atomic E-state index is 13.0. The first-order chi connectivity index (χ1) is 12.2. The molecule has 0 saturated carbocycles. The molecule has 1 aliphatic rings. The van der Waals surface area contributed by atoms with E-state index >= 15 is 0 Å². The van der Waals surface area contributed by atoms with Gasteiger partial charge in [0, 0.05) is 24.8 Å². The molecular weight excluding hydrogens is 354 g/mol. The molecule has 1 atom stereocenters. The lowest BCUT2D eigenvalue weighted by Crippen LogP contribution is -2.48. The zero-order valence-electron chi connectivity index (χ0n) is 14.3. The smallest absolute Gasteiger partial charge is 0.326 e. The van der Waals surface area contributed by atoms with Crippen LogP contribution < -0.4 is 0 Å². The molecule has 3 rings (SSSR count). The average Bonchev–Trinajstić information content (AvgIpc) is 2.58. The van der Waals surface area contributed by atoms with Gasteiger partial charge in [-0.25, -0.2) is 13.2 Å². The summed E-state index contributed by atoms with van der Waals surface area (Å²) in [5, 5.41) is 9.56. The fraction of sp³-hybridized carbons (Fsp3) is 0.263. The van der Waals surface area contributed by atoms with Gasteiger partial charge in [-0.05, 0) is 28.8 Å². The minimum atomic E-state index is -3.23. The number of rotatable bonds is 4. The number of amides is 1. The van der Waals surface area contributed by atoms with Gasteiger partial charge in [0.05, 0.1) is 5.75 Å². The fourth-order valence-electron chi connectivity index (χ4n) is 3.22. The molecule has 1 heterocycles. The number of hydrogen-bond donors (Lipinski definition) is 1. The lowest BCUT2D eigenvalue weighted by molar-refractivity contribution is -0.142. The van der Waals surface area contributed by atoms with Crippen molar-refractivity contribution in [2.45, 2.75) is 24.8 Å². The van der Waals surface area contributed by atoms with Gasteiger partial charge in [-0.2, -0.15) is 0 Å². The average molecular weight is 373 g/mol. The van der Waals surface area contributed by atoms with Crippen LogP contribution in [0.5, 0.6) is 0 Å². The van der Waals surface area contributed by atoms with Gasteiger partial charge in [-0.15, -0.1) is 0 Å². The minimum Gasteiger partial charge on any atom is -0.480 e. The molecule has 136 valence electrons. The second-order valence-electron chi connectivity index (χ2n) is 6.53. The number of carbonyl (C=O) groups is 2. The van der Waals surface area contributed by atoms with Crippen LogP contribution in [0.25, 0.3) is 0 Å². The molecular formula is C19H19NO5S. The van der Waals surface area contributed by atoms with E-state index in [1.54, 1.807) is 18.2 Å². The number of carboxylic acids is 1. The highest BCUT2D eigenvalue weighted by Crippen LogP contribution is 2.25. The summed E-state index contributed by atoms with van der Waals surface area (Å²) in [4.78, 5) is 26.0. The van der Waals surface area contributed by atoms with Crippen molar-refractivity contribution in [1.82, 2.24) is 4.90 Å². The minimum absolute atomic E-state index is 0.167. The van der Waals surface area contributed by atoms with Crippen molar-refractivity contribution in [3.63, 3.8) is 0 Å². The van der Waals surface area contributed by atoms with Crippen LogP contribution in [0.4, 0.5) is 0 Å². The Kier molecular flexibility index (Phi) is 4.82. The number of nitrogens with zero attached hydrogens (tertiary/aromatic N) is 1. The zero-order chi connectivity index (χ0) is 18.9. The Morgan fingerprint density at radius 2 is 1.81 bits per heavy atom. The van der Waals surface area contributed by atoms with E-state index in [4.69, 9.17) is 0 Å². The highest BCUT2D eigenvalue weighted by molar-refractivity contribution is 7.89. The van der Waals surface area contributed by atoms with Crippen molar-refractivity contribution >= 4 is 21.7 Å². The van der Waals surface area contributed by atoms with Gasteiger partial charge in [0.15, 0.2) is 9.84 Å². The van der Waals surface area contributed by atoms with Gasteiger partial charge >= 0.3 is 5.97 Å². The Balaban J connectivity index is 1.93. The first-order valence-corrected chi connectivity index (χ1v) is 10.2. The molecule has 0 fully saturated rings. The molecule has 6 nitrogen and oxygen atoms in total. The van der Waals surface area contributed by atoms with Gasteiger partial charge in [0.1, 0.15) is 6.04 Å². The van der Waals surface area contributed by atoms with Crippen LogP contribution >= 0.6 is 0 Å². The SMILES string of the molecule is CS(=O)(=O)Cc1cccc(C(=O)N2Cc3ccccc3CC2C(=O)O)c1. The fourth-order valence-corrected chi connectivity index (χ4v) is 4.00. The van der Waals surface area contributed by atoms with E-state index in [0.29, 0.717) is 5.56 Å². The number of benzene rings is 2. The van der Waals surface area contributed by atoms with Gasteiger partial charge in [-0.1, -0.05) is 36.4 Å². The van der Waals surface area contributed by atoms with Crippen molar-refractivity contribution in [3.8, 4) is 0 Å². The molecule has 0 spiro atoms. The number of sulfone groups is 1. The zero-order valence-corrected chi connectivity index (χ0v) is 15.1. The molecule has 1 aliphatic heterocycles. The number of carboxylic acid groups (broad SMARTS) is 1. The van der Waals surface area contributed by atoms with E-state index in [-0.39, 0.29) is 24.3 Å². The lowest BCUT2D eigenvalue weighted by Gasteiger charge is -2.34. The third-order valence-corrected chi connectivity index (χ3v) is 5.25. The van der Waals surface area contributed by atoms with Crippen LogP contribution in [0.1, 0.15) is 27.0 Å². The van der Waals surface area contributed by atoms with Crippen molar-refractivity contribution in [1.29, 1.82) is 0 Å². The van der Waals surface area contributed by atoms with E-state index < -0.39 is 27.8 Å². The molecule has 2 aromatic rings. The molecule has 26 heavy (non-hydrogen) atoms. The predicted octanol–water partition coefficient (Wildman–Crippen LogP) is 1.88. The number of aliphatic carboxylic acids is 1. The monoisotopic (exact) mass is 373 g/mol. The molecule has 0 aliphatic carbocycles. The third-order valence-electron chi connectivity index (χ3n) is 4.40. The summed E-state index contributed by atoms with van der Waals surface area (Å²) < 4.78 is 23.0. The standard InChI is InChI=1S/C19H19NO5S/c1-26(24,25)12-13-5-4-8-15(9-13)18(21)20-11-16-7-3-2-6-14(16)10-17(20)19(22)23/h2-9,17H,10-12H2,1H3,(H,22,23). The molecule has 0 radical (unpaired) electrons. The van der Waals surface area contributed by atoms with E-state index in [1.807, 2.05) is 24.3 Å². The van der Waals surface area contributed by atoms with Crippen molar-refractivity contribution in [3.05, 3.63) is 70.8 Å². The highest BCUT2D eigenvalue weighted by atomic mass is 32.2. The summed E-state index contributed by atoms with van der Waals surface area (Å²) >= 11 is 0. The second-order valence-corrected chi connectivity index (χ2v) is 8.67. The maximum absolute atomic E-state index is 13.0. The molecule has 1 unspecified atom stereocenters. The summed E-state index contributed by atoms with van der Waals surface area (Å²) in [6.07, 6.45) is 1.38. The van der Waals surface area contributed by atoms with Gasteiger partial charge in [-0.3, -0.25) is 4.79 Å². The molecule has 1 amide bonds. The van der Waals surface area contributed by atoms with Crippen molar-refractivity contribution in [2.75, 3.05) is 6.26 Å². The summed E-state index contributed by atoms with van der Waals surface area (Å²) in [7, 11) is -3.23. The Morgan fingerprint density at radius 1 is 1.12 bits per heavy atom. The molecule has 7 heteroatoms. The van der Waals surface area contributed by atoms with Crippen molar-refractivity contribution in [2.24, 2.45) is 0 Å². The number of hydrogen-bond acceptors (Lipinski definition) is 4. The van der Waals surface area contributed by atoms with Crippen molar-refractivity contribution < 1.29 is 23.1 Å². The largest absolute Gasteiger partial charge is 0.480 e. The first kappa shape index (κ1) is 18.1. The van der Waals surface area contributed by atoms with E-state index in [0.717, 1.165) is 17.4 Å². The highest BCUT2D eigenvalue weighted by Gasteiger charge is 2.34. The Bertz CT molecular complexity index is 967. The van der Waals surface area contributed by atoms with Crippen LogP contribution in [-0.2, 0) is 33.4 Å². The number of fused-ring (bicyclic) bond motifs is 1. The molecule has 1 N–H and O–H groups in total. The number of carbonyl (C=O) groups excluding carboxylic acids is 1. The van der Waals surface area contributed by atoms with Crippen LogP contribution in [-0.4, -0.2) is 42.6 Å². The Labute approximate surface area is 152 Å². The first-order valence-electron chi connectivity index (χ1n) is 8.12. The summed E-state index contributed by atoms with van der Waals surface area (Å²) in [6, 6.07) is 12.9. The van der Waals surface area contributed by atoms with Gasteiger partial charge in [0.2, 0.25) is 0 Å². The molecule has 2 aromatic carbocycles. The molecule has 0 saturated heterocycles. The lowest BCUT2D eigenvalue weighted by atomic mass is 9.93. The predicted molar refractivity (Wildman–Crippen MR) is 96.4 cm³/mol. The van der Waals surface area contributed by atoms with E-state index in [1.165, 1.54) is 11.0 Å². The van der Waals surface area contributed by atoms with E-state index in [2.05, 4.69) is 0 Å². The third kappa shape index (κ3) is 3.94. The summed E-state index contributed by atoms with van der Waals surface area (Å²) in [6.45, 7) is 0.211. The van der Waals surface area contributed by atoms with E-state index in [9.17, 15) is 23.1 Å². The van der Waals surface area contributed by atoms with Crippen LogP contribution in [0, 0.1) is 0 Å².